The maximum absolute atomic E-state index is 13.6. The molecule has 3 heteroatoms. The van der Waals surface area contributed by atoms with E-state index in [4.69, 9.17) is 9.47 Å². The number of rotatable bonds is 2. The van der Waals surface area contributed by atoms with Gasteiger partial charge in [0.05, 0.1) is 13.2 Å². The molecule has 1 heterocycles. The van der Waals surface area contributed by atoms with Crippen molar-refractivity contribution >= 4 is 0 Å². The molecule has 1 rings (SSSR count). The molecule has 0 aliphatic carbocycles. The molecular weight excluding hydrogens is 159 g/mol. The van der Waals surface area contributed by atoms with Gasteiger partial charge < -0.3 is 9.47 Å². The number of ether oxygens (including phenoxy) is 2. The maximum atomic E-state index is 13.6. The SMILES string of the molecule is C=CCC1(F)COC(C)(C)OC1. The van der Waals surface area contributed by atoms with E-state index in [-0.39, 0.29) is 19.6 Å². The Labute approximate surface area is 72.4 Å². The standard InChI is InChI=1S/C9H15FO2/c1-4-5-9(10)6-11-8(2,3)12-7-9/h4H,1,5-7H2,2-3H3. The summed E-state index contributed by atoms with van der Waals surface area (Å²) in [4.78, 5) is 0. The maximum Gasteiger partial charge on any atom is 0.163 e. The van der Waals surface area contributed by atoms with E-state index >= 15 is 0 Å². The van der Waals surface area contributed by atoms with Gasteiger partial charge in [0.1, 0.15) is 0 Å². The van der Waals surface area contributed by atoms with E-state index in [9.17, 15) is 4.39 Å². The average Bonchev–Trinajstić information content (AvgIpc) is 1.98. The number of halogens is 1. The lowest BCUT2D eigenvalue weighted by Gasteiger charge is -2.38. The quantitative estimate of drug-likeness (QED) is 0.596. The highest BCUT2D eigenvalue weighted by atomic mass is 19.1. The van der Waals surface area contributed by atoms with Crippen molar-refractivity contribution in [2.45, 2.75) is 31.7 Å². The van der Waals surface area contributed by atoms with Gasteiger partial charge in [0.2, 0.25) is 0 Å². The lowest BCUT2D eigenvalue weighted by Crippen LogP contribution is -2.48. The van der Waals surface area contributed by atoms with Crippen LogP contribution in [0.25, 0.3) is 0 Å². The molecule has 0 aromatic heterocycles. The van der Waals surface area contributed by atoms with Gasteiger partial charge in [0, 0.05) is 6.42 Å². The first-order valence-corrected chi connectivity index (χ1v) is 4.05. The van der Waals surface area contributed by atoms with Gasteiger partial charge in [-0.15, -0.1) is 6.58 Å². The molecule has 1 saturated heterocycles. The Morgan fingerprint density at radius 1 is 1.42 bits per heavy atom. The Kier molecular flexibility index (Phi) is 2.54. The van der Waals surface area contributed by atoms with Crippen LogP contribution in [0.2, 0.25) is 0 Å². The Balaban J connectivity index is 2.49. The first-order chi connectivity index (χ1) is 5.47. The van der Waals surface area contributed by atoms with Crippen molar-refractivity contribution in [3.8, 4) is 0 Å². The molecular formula is C9H15FO2. The van der Waals surface area contributed by atoms with E-state index in [0.717, 1.165) is 0 Å². The zero-order valence-electron chi connectivity index (χ0n) is 7.60. The first-order valence-electron chi connectivity index (χ1n) is 4.05. The van der Waals surface area contributed by atoms with Gasteiger partial charge in [0.15, 0.2) is 11.5 Å². The number of allylic oxidation sites excluding steroid dienone is 1. The lowest BCUT2D eigenvalue weighted by atomic mass is 10.0. The summed E-state index contributed by atoms with van der Waals surface area (Å²) in [5.41, 5.74) is -1.38. The van der Waals surface area contributed by atoms with Gasteiger partial charge in [-0.2, -0.15) is 0 Å². The normalized spacial score (nSPS) is 26.6. The fourth-order valence-electron chi connectivity index (χ4n) is 1.07. The van der Waals surface area contributed by atoms with Crippen LogP contribution in [0.15, 0.2) is 12.7 Å². The summed E-state index contributed by atoms with van der Waals surface area (Å²) in [5, 5.41) is 0. The highest BCUT2D eigenvalue weighted by Gasteiger charge is 2.39. The summed E-state index contributed by atoms with van der Waals surface area (Å²) in [7, 11) is 0. The van der Waals surface area contributed by atoms with Crippen LogP contribution in [0.5, 0.6) is 0 Å². The van der Waals surface area contributed by atoms with Gasteiger partial charge in [-0.25, -0.2) is 4.39 Å². The molecule has 0 aromatic carbocycles. The van der Waals surface area contributed by atoms with Gasteiger partial charge in [0.25, 0.3) is 0 Å². The predicted octanol–water partition coefficient (Wildman–Crippen LogP) is 2.05. The molecule has 2 nitrogen and oxygen atoms in total. The van der Waals surface area contributed by atoms with Crippen molar-refractivity contribution in [3.63, 3.8) is 0 Å². The third-order valence-corrected chi connectivity index (χ3v) is 1.87. The number of alkyl halides is 1. The Morgan fingerprint density at radius 2 is 1.92 bits per heavy atom. The molecule has 1 aliphatic heterocycles. The summed E-state index contributed by atoms with van der Waals surface area (Å²) >= 11 is 0. The first kappa shape index (κ1) is 9.68. The molecule has 0 spiro atoms. The van der Waals surface area contributed by atoms with Crippen molar-refractivity contribution in [1.82, 2.24) is 0 Å². The summed E-state index contributed by atoms with van der Waals surface area (Å²) in [6.45, 7) is 7.22. The Hall–Kier alpha value is -0.410. The highest BCUT2D eigenvalue weighted by Crippen LogP contribution is 2.28. The predicted molar refractivity (Wildman–Crippen MR) is 44.6 cm³/mol. The molecule has 0 unspecified atom stereocenters. The van der Waals surface area contributed by atoms with E-state index in [2.05, 4.69) is 6.58 Å². The third-order valence-electron chi connectivity index (χ3n) is 1.87. The summed E-state index contributed by atoms with van der Waals surface area (Å²) in [6, 6.07) is 0. The number of hydrogen-bond acceptors (Lipinski definition) is 2. The fraction of sp³-hybridized carbons (Fsp3) is 0.778. The molecule has 0 amide bonds. The second kappa shape index (κ2) is 3.15. The Morgan fingerprint density at radius 3 is 2.33 bits per heavy atom. The van der Waals surface area contributed by atoms with Crippen molar-refractivity contribution < 1.29 is 13.9 Å². The van der Waals surface area contributed by atoms with Gasteiger partial charge >= 0.3 is 0 Å². The van der Waals surface area contributed by atoms with Crippen LogP contribution in [-0.4, -0.2) is 24.7 Å². The lowest BCUT2D eigenvalue weighted by molar-refractivity contribution is -0.286. The van der Waals surface area contributed by atoms with Gasteiger partial charge in [-0.3, -0.25) is 0 Å². The molecule has 0 atom stereocenters. The van der Waals surface area contributed by atoms with E-state index in [1.54, 1.807) is 19.9 Å². The highest BCUT2D eigenvalue weighted by molar-refractivity contribution is 4.89. The molecule has 0 radical (unpaired) electrons. The van der Waals surface area contributed by atoms with Crippen LogP contribution in [-0.2, 0) is 9.47 Å². The molecule has 0 aromatic rings. The van der Waals surface area contributed by atoms with E-state index in [1.807, 2.05) is 0 Å². The molecule has 0 saturated carbocycles. The van der Waals surface area contributed by atoms with E-state index in [1.165, 1.54) is 0 Å². The number of hydrogen-bond donors (Lipinski definition) is 0. The largest absolute Gasteiger partial charge is 0.347 e. The molecule has 12 heavy (non-hydrogen) atoms. The topological polar surface area (TPSA) is 18.5 Å². The monoisotopic (exact) mass is 174 g/mol. The second-order valence-electron chi connectivity index (χ2n) is 3.62. The summed E-state index contributed by atoms with van der Waals surface area (Å²) in [5.74, 6) is -0.642. The molecule has 0 bridgehead atoms. The third kappa shape index (κ3) is 2.29. The van der Waals surface area contributed by atoms with Crippen molar-refractivity contribution in [2.75, 3.05) is 13.2 Å². The van der Waals surface area contributed by atoms with Crippen molar-refractivity contribution in [1.29, 1.82) is 0 Å². The molecule has 1 aliphatic rings. The van der Waals surface area contributed by atoms with Crippen LogP contribution < -0.4 is 0 Å². The van der Waals surface area contributed by atoms with Crippen molar-refractivity contribution in [3.05, 3.63) is 12.7 Å². The summed E-state index contributed by atoms with van der Waals surface area (Å²) < 4.78 is 24.0. The van der Waals surface area contributed by atoms with Crippen LogP contribution in [0.1, 0.15) is 20.3 Å². The van der Waals surface area contributed by atoms with Gasteiger partial charge in [-0.1, -0.05) is 6.08 Å². The average molecular weight is 174 g/mol. The zero-order chi connectivity index (χ0) is 9.24. The smallest absolute Gasteiger partial charge is 0.163 e. The minimum absolute atomic E-state index is 0.0893. The fourth-order valence-corrected chi connectivity index (χ4v) is 1.07. The minimum Gasteiger partial charge on any atom is -0.347 e. The van der Waals surface area contributed by atoms with Gasteiger partial charge in [-0.05, 0) is 13.8 Å². The van der Waals surface area contributed by atoms with E-state index < -0.39 is 11.5 Å². The van der Waals surface area contributed by atoms with E-state index in [0.29, 0.717) is 0 Å². The molecule has 1 fully saturated rings. The molecule has 0 N–H and O–H groups in total. The minimum atomic E-state index is -1.38. The second-order valence-corrected chi connectivity index (χ2v) is 3.62. The molecule has 70 valence electrons. The van der Waals surface area contributed by atoms with Crippen LogP contribution in [0, 0.1) is 0 Å². The van der Waals surface area contributed by atoms with Crippen LogP contribution in [0.4, 0.5) is 4.39 Å². The van der Waals surface area contributed by atoms with Crippen LogP contribution in [0.3, 0.4) is 0 Å². The van der Waals surface area contributed by atoms with Crippen molar-refractivity contribution in [2.24, 2.45) is 0 Å². The summed E-state index contributed by atoms with van der Waals surface area (Å²) in [6.07, 6.45) is 1.83. The Bertz CT molecular complexity index is 167. The van der Waals surface area contributed by atoms with Crippen LogP contribution >= 0.6 is 0 Å². The zero-order valence-corrected chi connectivity index (χ0v) is 7.60.